The second kappa shape index (κ2) is 14.0. The average molecular weight is 494 g/mol. The predicted molar refractivity (Wildman–Crippen MR) is 139 cm³/mol. The summed E-state index contributed by atoms with van der Waals surface area (Å²) < 4.78 is 21.8. The van der Waals surface area contributed by atoms with Gasteiger partial charge in [0, 0.05) is 33.7 Å². The van der Waals surface area contributed by atoms with E-state index in [9.17, 15) is 4.79 Å². The lowest BCUT2D eigenvalue weighted by Gasteiger charge is -2.23. The van der Waals surface area contributed by atoms with E-state index in [1.54, 1.807) is 19.1 Å². The molecule has 0 saturated carbocycles. The standard InChI is InChI=1S/C28H35N3O5/c1-30(2)29-19-24-6-5-7-27(18-24)35-16-17-36-28(32)31(20-22-8-12-25(33-3)13-9-22)21-23-10-14-26(34-4)15-11-23/h5-15,18,29H,16-17,19-21H2,1-4H3. The first kappa shape index (κ1) is 26.8. The molecule has 1 N–H and O–H groups in total. The number of benzene rings is 3. The molecular weight excluding hydrogens is 458 g/mol. The fourth-order valence-corrected chi connectivity index (χ4v) is 3.46. The number of hydrazine groups is 1. The van der Waals surface area contributed by atoms with E-state index in [-0.39, 0.29) is 13.2 Å². The third-order valence-electron chi connectivity index (χ3n) is 5.40. The summed E-state index contributed by atoms with van der Waals surface area (Å²) in [5.74, 6) is 2.26. The van der Waals surface area contributed by atoms with Gasteiger partial charge in [-0.1, -0.05) is 36.4 Å². The first-order valence-corrected chi connectivity index (χ1v) is 11.8. The van der Waals surface area contributed by atoms with Crippen molar-refractivity contribution in [1.29, 1.82) is 0 Å². The molecule has 0 spiro atoms. The Bertz CT molecular complexity index is 1020. The zero-order valence-electron chi connectivity index (χ0n) is 21.4. The number of nitrogens with zero attached hydrogens (tertiary/aromatic N) is 2. The van der Waals surface area contributed by atoms with Crippen LogP contribution in [-0.4, -0.2) is 57.5 Å². The van der Waals surface area contributed by atoms with E-state index in [4.69, 9.17) is 18.9 Å². The highest BCUT2D eigenvalue weighted by Crippen LogP contribution is 2.18. The molecule has 0 unspecified atom stereocenters. The van der Waals surface area contributed by atoms with Gasteiger partial charge in [-0.05, 0) is 53.1 Å². The van der Waals surface area contributed by atoms with E-state index in [1.807, 2.05) is 91.9 Å². The van der Waals surface area contributed by atoms with E-state index >= 15 is 0 Å². The van der Waals surface area contributed by atoms with E-state index in [0.717, 1.165) is 33.9 Å². The molecule has 0 aliphatic carbocycles. The molecule has 0 aliphatic heterocycles. The van der Waals surface area contributed by atoms with Crippen molar-refractivity contribution in [3.8, 4) is 17.2 Å². The molecule has 0 aromatic heterocycles. The SMILES string of the molecule is COc1ccc(CN(Cc2ccc(OC)cc2)C(=O)OCCOc2cccc(CNN(C)C)c2)cc1. The van der Waals surface area contributed by atoms with Crippen LogP contribution in [0.3, 0.4) is 0 Å². The Morgan fingerprint density at radius 2 is 1.33 bits per heavy atom. The number of hydrogen-bond donors (Lipinski definition) is 1. The van der Waals surface area contributed by atoms with Gasteiger partial charge in [0.25, 0.3) is 0 Å². The zero-order valence-corrected chi connectivity index (χ0v) is 21.4. The number of ether oxygens (including phenoxy) is 4. The van der Waals surface area contributed by atoms with Gasteiger partial charge in [-0.25, -0.2) is 4.79 Å². The molecule has 3 rings (SSSR count). The van der Waals surface area contributed by atoms with Crippen LogP contribution >= 0.6 is 0 Å². The molecule has 3 aromatic rings. The van der Waals surface area contributed by atoms with Gasteiger partial charge < -0.3 is 18.9 Å². The van der Waals surface area contributed by atoms with Crippen LogP contribution in [0.15, 0.2) is 72.8 Å². The molecule has 0 fully saturated rings. The third kappa shape index (κ3) is 8.79. The van der Waals surface area contributed by atoms with Crippen LogP contribution in [0, 0.1) is 0 Å². The lowest BCUT2D eigenvalue weighted by Crippen LogP contribution is -2.31. The minimum absolute atomic E-state index is 0.140. The van der Waals surface area contributed by atoms with Crippen molar-refractivity contribution in [2.75, 3.05) is 41.5 Å². The van der Waals surface area contributed by atoms with Crippen LogP contribution in [0.1, 0.15) is 16.7 Å². The second-order valence-electron chi connectivity index (χ2n) is 8.39. The number of hydrogen-bond acceptors (Lipinski definition) is 7. The molecule has 3 aromatic carbocycles. The maximum atomic E-state index is 13.0. The molecule has 0 radical (unpaired) electrons. The molecule has 0 heterocycles. The predicted octanol–water partition coefficient (Wildman–Crippen LogP) is 4.49. The van der Waals surface area contributed by atoms with Crippen molar-refractivity contribution in [2.45, 2.75) is 19.6 Å². The fraction of sp³-hybridized carbons (Fsp3) is 0.321. The number of carbonyl (C=O) groups excluding carboxylic acids is 1. The van der Waals surface area contributed by atoms with E-state index < -0.39 is 6.09 Å². The monoisotopic (exact) mass is 493 g/mol. The van der Waals surface area contributed by atoms with Crippen molar-refractivity contribution in [2.24, 2.45) is 0 Å². The summed E-state index contributed by atoms with van der Waals surface area (Å²) in [4.78, 5) is 14.7. The number of amides is 1. The first-order valence-electron chi connectivity index (χ1n) is 11.8. The lowest BCUT2D eigenvalue weighted by molar-refractivity contribution is 0.0836. The van der Waals surface area contributed by atoms with Gasteiger partial charge in [-0.3, -0.25) is 15.3 Å². The van der Waals surface area contributed by atoms with Gasteiger partial charge in [0.2, 0.25) is 0 Å². The highest BCUT2D eigenvalue weighted by atomic mass is 16.6. The van der Waals surface area contributed by atoms with Gasteiger partial charge in [-0.15, -0.1) is 0 Å². The summed E-state index contributed by atoms with van der Waals surface area (Å²) in [6.07, 6.45) is -0.408. The van der Waals surface area contributed by atoms with Crippen LogP contribution < -0.4 is 19.6 Å². The van der Waals surface area contributed by atoms with Gasteiger partial charge >= 0.3 is 6.09 Å². The smallest absolute Gasteiger partial charge is 0.410 e. The second-order valence-corrected chi connectivity index (χ2v) is 8.39. The number of rotatable bonds is 13. The zero-order chi connectivity index (χ0) is 25.8. The van der Waals surface area contributed by atoms with E-state index in [1.165, 1.54) is 0 Å². The van der Waals surface area contributed by atoms with Crippen LogP contribution in [0.5, 0.6) is 17.2 Å². The molecular formula is C28H35N3O5. The van der Waals surface area contributed by atoms with Gasteiger partial charge in [0.05, 0.1) is 14.2 Å². The Labute approximate surface area is 213 Å². The number of carbonyl (C=O) groups is 1. The summed E-state index contributed by atoms with van der Waals surface area (Å²) in [5, 5.41) is 1.90. The summed E-state index contributed by atoms with van der Waals surface area (Å²) in [6.45, 7) is 1.90. The van der Waals surface area contributed by atoms with Crippen LogP contribution in [0.4, 0.5) is 4.79 Å². The molecule has 0 saturated heterocycles. The highest BCUT2D eigenvalue weighted by Gasteiger charge is 2.17. The minimum atomic E-state index is -0.408. The quantitative estimate of drug-likeness (QED) is 0.278. The Morgan fingerprint density at radius 1 is 0.750 bits per heavy atom. The minimum Gasteiger partial charge on any atom is -0.497 e. The maximum Gasteiger partial charge on any atom is 0.410 e. The summed E-state index contributed by atoms with van der Waals surface area (Å²) in [6, 6.07) is 23.1. The van der Waals surface area contributed by atoms with Gasteiger partial charge in [-0.2, -0.15) is 0 Å². The molecule has 192 valence electrons. The Morgan fingerprint density at radius 3 is 1.86 bits per heavy atom. The van der Waals surface area contributed by atoms with Gasteiger partial charge in [0.15, 0.2) is 0 Å². The molecule has 8 nitrogen and oxygen atoms in total. The Hall–Kier alpha value is -3.75. The average Bonchev–Trinajstić information content (AvgIpc) is 2.90. The van der Waals surface area contributed by atoms with Crippen LogP contribution in [-0.2, 0) is 24.4 Å². The largest absolute Gasteiger partial charge is 0.497 e. The normalized spacial score (nSPS) is 10.7. The molecule has 36 heavy (non-hydrogen) atoms. The Kier molecular flexibility index (Phi) is 10.4. The van der Waals surface area contributed by atoms with Crippen molar-refractivity contribution < 1.29 is 23.7 Å². The summed E-state index contributed by atoms with van der Waals surface area (Å²) in [5.41, 5.74) is 6.27. The molecule has 8 heteroatoms. The summed E-state index contributed by atoms with van der Waals surface area (Å²) in [7, 11) is 7.14. The van der Waals surface area contributed by atoms with Crippen molar-refractivity contribution in [3.05, 3.63) is 89.5 Å². The van der Waals surface area contributed by atoms with Crippen LogP contribution in [0.2, 0.25) is 0 Å². The van der Waals surface area contributed by atoms with E-state index in [2.05, 4.69) is 5.43 Å². The highest BCUT2D eigenvalue weighted by molar-refractivity contribution is 5.67. The van der Waals surface area contributed by atoms with Crippen molar-refractivity contribution in [3.63, 3.8) is 0 Å². The number of methoxy groups -OCH3 is 2. The first-order chi connectivity index (χ1) is 17.5. The number of nitrogens with one attached hydrogen (secondary N) is 1. The molecule has 1 amide bonds. The van der Waals surface area contributed by atoms with Crippen LogP contribution in [0.25, 0.3) is 0 Å². The Balaban J connectivity index is 1.57. The van der Waals surface area contributed by atoms with Gasteiger partial charge in [0.1, 0.15) is 30.5 Å². The van der Waals surface area contributed by atoms with E-state index in [0.29, 0.717) is 19.6 Å². The maximum absolute atomic E-state index is 13.0. The molecule has 0 atom stereocenters. The molecule has 0 aliphatic rings. The molecule has 0 bridgehead atoms. The van der Waals surface area contributed by atoms with Crippen molar-refractivity contribution >= 4 is 6.09 Å². The lowest BCUT2D eigenvalue weighted by atomic mass is 10.1. The topological polar surface area (TPSA) is 72.5 Å². The summed E-state index contributed by atoms with van der Waals surface area (Å²) >= 11 is 0. The third-order valence-corrected chi connectivity index (χ3v) is 5.40. The fourth-order valence-electron chi connectivity index (χ4n) is 3.46. The van der Waals surface area contributed by atoms with Crippen molar-refractivity contribution in [1.82, 2.24) is 15.3 Å².